The number of hydrogen-bond acceptors (Lipinski definition) is 6. The Morgan fingerprint density at radius 1 is 1.08 bits per heavy atom. The van der Waals surface area contributed by atoms with Crippen LogP contribution >= 0.6 is 0 Å². The van der Waals surface area contributed by atoms with Gasteiger partial charge in [-0.1, -0.05) is 0 Å². The smallest absolute Gasteiger partial charge is 0.431 e. The fraction of sp³-hybridized carbons (Fsp3) is 0.333. The second-order valence-corrected chi connectivity index (χ2v) is 5.56. The molecule has 11 heteroatoms. The first-order valence-corrected chi connectivity index (χ1v) is 7.37. The summed E-state index contributed by atoms with van der Waals surface area (Å²) in [4.78, 5) is 27.8. The van der Waals surface area contributed by atoms with E-state index in [0.717, 1.165) is 9.13 Å². The Balaban J connectivity index is 2.33. The van der Waals surface area contributed by atoms with E-state index in [1.807, 2.05) is 0 Å². The van der Waals surface area contributed by atoms with Gasteiger partial charge in [0, 0.05) is 14.1 Å². The highest BCUT2D eigenvalue weighted by Crippen LogP contribution is 2.31. The van der Waals surface area contributed by atoms with Gasteiger partial charge in [-0.2, -0.15) is 18.3 Å². The quantitative estimate of drug-likeness (QED) is 0.725. The summed E-state index contributed by atoms with van der Waals surface area (Å²) in [7, 11) is 3.87. The number of benzene rings is 1. The Morgan fingerprint density at radius 2 is 1.69 bits per heavy atom. The van der Waals surface area contributed by atoms with Crippen molar-refractivity contribution in [3.63, 3.8) is 0 Å². The van der Waals surface area contributed by atoms with Crippen molar-refractivity contribution in [2.75, 3.05) is 12.1 Å². The Morgan fingerprint density at radius 3 is 2.23 bits per heavy atom. The van der Waals surface area contributed by atoms with Gasteiger partial charge in [0.05, 0.1) is 12.8 Å². The molecule has 0 amide bonds. The zero-order valence-corrected chi connectivity index (χ0v) is 14.0. The maximum absolute atomic E-state index is 13.5. The lowest BCUT2D eigenvalue weighted by Crippen LogP contribution is -2.62. The summed E-state index contributed by atoms with van der Waals surface area (Å²) < 4.78 is 47.2. The number of fused-ring (bicyclic) bond motifs is 1. The second-order valence-electron chi connectivity index (χ2n) is 5.56. The van der Waals surface area contributed by atoms with Crippen LogP contribution < -0.4 is 31.8 Å². The van der Waals surface area contributed by atoms with Crippen molar-refractivity contribution in [3.05, 3.63) is 55.9 Å². The molecule has 8 nitrogen and oxygen atoms in total. The number of rotatable bonds is 2. The monoisotopic (exact) mass is 369 g/mol. The van der Waals surface area contributed by atoms with Crippen molar-refractivity contribution in [3.8, 4) is 5.75 Å². The van der Waals surface area contributed by atoms with E-state index < -0.39 is 29.1 Å². The molecule has 1 aromatic heterocycles. The van der Waals surface area contributed by atoms with Gasteiger partial charge in [-0.3, -0.25) is 13.9 Å². The molecule has 0 N–H and O–H groups in total. The van der Waals surface area contributed by atoms with Gasteiger partial charge in [-0.05, 0) is 24.3 Å². The van der Waals surface area contributed by atoms with Crippen molar-refractivity contribution in [2.45, 2.75) is 12.3 Å². The van der Waals surface area contributed by atoms with E-state index >= 15 is 0 Å². The van der Waals surface area contributed by atoms with Crippen molar-refractivity contribution >= 4 is 5.69 Å². The zero-order chi connectivity index (χ0) is 19.2. The van der Waals surface area contributed by atoms with E-state index in [1.165, 1.54) is 45.5 Å². The number of nitrogens with zero attached hydrogens (tertiary/aromatic N) is 5. The van der Waals surface area contributed by atoms with Crippen LogP contribution in [0.1, 0.15) is 0 Å². The lowest BCUT2D eigenvalue weighted by molar-refractivity contribution is -0.148. The zero-order valence-electron chi connectivity index (χ0n) is 14.0. The van der Waals surface area contributed by atoms with E-state index in [0.29, 0.717) is 10.8 Å². The number of alkyl halides is 3. The molecule has 0 bridgehead atoms. The topological polar surface area (TPSA) is 81.2 Å². The van der Waals surface area contributed by atoms with E-state index in [2.05, 4.69) is 10.1 Å². The third-order valence-electron chi connectivity index (χ3n) is 3.92. The first kappa shape index (κ1) is 17.7. The lowest BCUT2D eigenvalue weighted by Gasteiger charge is -2.29. The van der Waals surface area contributed by atoms with Crippen molar-refractivity contribution in [1.29, 1.82) is 0 Å². The molecular weight excluding hydrogens is 355 g/mol. The molecule has 2 aromatic rings. The van der Waals surface area contributed by atoms with E-state index in [9.17, 15) is 22.8 Å². The average Bonchev–Trinajstić information content (AvgIpc) is 2.63. The molecule has 0 radical (unpaired) electrons. The second kappa shape index (κ2) is 6.00. The number of anilines is 1. The average molecular weight is 369 g/mol. The fourth-order valence-corrected chi connectivity index (χ4v) is 2.53. The normalized spacial score (nSPS) is 16.5. The minimum Gasteiger partial charge on any atom is -0.497 e. The van der Waals surface area contributed by atoms with Crippen LogP contribution in [0.15, 0.2) is 43.9 Å². The molecule has 0 saturated heterocycles. The largest absolute Gasteiger partial charge is 0.497 e. The highest BCUT2D eigenvalue weighted by atomic mass is 19.4. The molecule has 0 saturated carbocycles. The van der Waals surface area contributed by atoms with Crippen molar-refractivity contribution in [2.24, 2.45) is 24.2 Å². The SMILES string of the molecule is COc1ccc(N2N=c3c(=O)n(C)c(=O)n(C)c3=NC2C(F)(F)F)cc1. The van der Waals surface area contributed by atoms with Crippen molar-refractivity contribution in [1.82, 2.24) is 9.13 Å². The first-order valence-electron chi connectivity index (χ1n) is 7.37. The molecule has 0 spiro atoms. The molecule has 0 aliphatic carbocycles. The summed E-state index contributed by atoms with van der Waals surface area (Å²) in [6, 6.07) is 5.67. The number of aromatic nitrogens is 2. The summed E-state index contributed by atoms with van der Waals surface area (Å²) in [5, 5.41) is 4.13. The van der Waals surface area contributed by atoms with Gasteiger partial charge in [0.2, 0.25) is 6.17 Å². The number of ether oxygens (including phenoxy) is 1. The van der Waals surface area contributed by atoms with Crippen molar-refractivity contribution < 1.29 is 17.9 Å². The van der Waals surface area contributed by atoms with E-state index in [-0.39, 0.29) is 11.0 Å². The summed E-state index contributed by atoms with van der Waals surface area (Å²) in [5.74, 6) is 0.449. The third kappa shape index (κ3) is 2.74. The van der Waals surface area contributed by atoms with E-state index in [1.54, 1.807) is 0 Å². The van der Waals surface area contributed by atoms with Crippen LogP contribution in [0.25, 0.3) is 0 Å². The van der Waals surface area contributed by atoms with Crippen LogP contribution in [0, 0.1) is 0 Å². The Kier molecular flexibility index (Phi) is 4.09. The first-order chi connectivity index (χ1) is 12.1. The summed E-state index contributed by atoms with van der Waals surface area (Å²) >= 11 is 0. The number of hydrogen-bond donors (Lipinski definition) is 0. The molecule has 1 atom stereocenters. The van der Waals surface area contributed by atoms with Gasteiger partial charge >= 0.3 is 11.9 Å². The number of halogens is 3. The Hall–Kier alpha value is -3.11. The molecule has 138 valence electrons. The molecule has 26 heavy (non-hydrogen) atoms. The standard InChI is InChI=1S/C15H14F3N5O3/c1-21-11-10(12(24)22(2)14(21)25)20-23(13(19-11)15(16,17)18)8-4-6-9(26-3)7-5-8/h4-7,13H,1-3H3. The van der Waals surface area contributed by atoms with Crippen LogP contribution in [0.2, 0.25) is 0 Å². The molecule has 0 fully saturated rings. The van der Waals surface area contributed by atoms with Gasteiger partial charge in [-0.15, -0.1) is 0 Å². The van der Waals surface area contributed by atoms with Gasteiger partial charge in [-0.25, -0.2) is 14.8 Å². The molecule has 2 heterocycles. The van der Waals surface area contributed by atoms with Crippen LogP contribution in [0.4, 0.5) is 18.9 Å². The fourth-order valence-electron chi connectivity index (χ4n) is 2.53. The predicted octanol–water partition coefficient (Wildman–Crippen LogP) is -0.345. The van der Waals surface area contributed by atoms with Crippen LogP contribution in [0.5, 0.6) is 5.75 Å². The summed E-state index contributed by atoms with van der Waals surface area (Å²) in [6.07, 6.45) is -7.15. The molecule has 1 unspecified atom stereocenters. The van der Waals surface area contributed by atoms with Crippen LogP contribution in [-0.4, -0.2) is 28.6 Å². The molecule has 1 aliphatic rings. The molecular formula is C15H14F3N5O3. The summed E-state index contributed by atoms with van der Waals surface area (Å²) in [6.45, 7) is 0. The Labute approximate surface area is 144 Å². The van der Waals surface area contributed by atoms with E-state index in [4.69, 9.17) is 4.74 Å². The lowest BCUT2D eigenvalue weighted by atomic mass is 10.2. The molecule has 1 aromatic carbocycles. The molecule has 3 rings (SSSR count). The maximum atomic E-state index is 13.5. The Bertz CT molecular complexity index is 1090. The van der Waals surface area contributed by atoms with Gasteiger partial charge in [0.25, 0.3) is 5.56 Å². The highest BCUT2D eigenvalue weighted by Gasteiger charge is 2.46. The maximum Gasteiger partial charge on any atom is 0.431 e. The van der Waals surface area contributed by atoms with Gasteiger partial charge in [0.15, 0.2) is 10.8 Å². The minimum atomic E-state index is -4.78. The van der Waals surface area contributed by atoms with Crippen LogP contribution in [0.3, 0.4) is 0 Å². The summed E-state index contributed by atoms with van der Waals surface area (Å²) in [5.41, 5.74) is -1.96. The molecule has 1 aliphatic heterocycles. The van der Waals surface area contributed by atoms with Gasteiger partial charge < -0.3 is 4.74 Å². The minimum absolute atomic E-state index is 0.0680. The van der Waals surface area contributed by atoms with Gasteiger partial charge in [0.1, 0.15) is 5.75 Å². The highest BCUT2D eigenvalue weighted by molar-refractivity contribution is 5.49. The third-order valence-corrected chi connectivity index (χ3v) is 3.92. The number of methoxy groups -OCH3 is 1. The predicted molar refractivity (Wildman–Crippen MR) is 84.6 cm³/mol. The van der Waals surface area contributed by atoms with Crippen LogP contribution in [-0.2, 0) is 14.1 Å².